The molecule has 3 heterocycles. The van der Waals surface area contributed by atoms with E-state index in [9.17, 15) is 9.59 Å². The van der Waals surface area contributed by atoms with Crippen molar-refractivity contribution in [3.05, 3.63) is 62.9 Å². The van der Waals surface area contributed by atoms with Crippen LogP contribution in [0.25, 0.3) is 22.1 Å². The van der Waals surface area contributed by atoms with Gasteiger partial charge in [0.05, 0.1) is 18.4 Å². The van der Waals surface area contributed by atoms with Crippen molar-refractivity contribution >= 4 is 22.1 Å². The van der Waals surface area contributed by atoms with Crippen LogP contribution in [0.5, 0.6) is 0 Å². The summed E-state index contributed by atoms with van der Waals surface area (Å²) in [5.74, 6) is 0.582. The van der Waals surface area contributed by atoms with Gasteiger partial charge in [0.25, 0.3) is 5.56 Å². The van der Waals surface area contributed by atoms with Crippen molar-refractivity contribution in [2.75, 3.05) is 0 Å². The Bertz CT molecular complexity index is 1200. The fraction of sp³-hybridized carbons (Fsp3) is 0.188. The third kappa shape index (κ3) is 2.11. The number of rotatable bonds is 2. The molecule has 4 aromatic rings. The van der Waals surface area contributed by atoms with Gasteiger partial charge in [-0.1, -0.05) is 18.2 Å². The van der Waals surface area contributed by atoms with Gasteiger partial charge >= 0.3 is 5.69 Å². The Morgan fingerprint density at radius 1 is 1.17 bits per heavy atom. The van der Waals surface area contributed by atoms with Crippen molar-refractivity contribution in [1.29, 1.82) is 0 Å². The zero-order chi connectivity index (χ0) is 16.8. The van der Waals surface area contributed by atoms with E-state index >= 15 is 0 Å². The van der Waals surface area contributed by atoms with Gasteiger partial charge in [0, 0.05) is 18.1 Å². The maximum absolute atomic E-state index is 12.1. The van der Waals surface area contributed by atoms with Crippen LogP contribution in [0.2, 0.25) is 0 Å². The lowest BCUT2D eigenvalue weighted by Gasteiger charge is -2.07. The average Bonchev–Trinajstić information content (AvgIpc) is 2.97. The Balaban J connectivity index is 1.87. The van der Waals surface area contributed by atoms with Gasteiger partial charge in [-0.15, -0.1) is 0 Å². The Kier molecular flexibility index (Phi) is 3.05. The molecule has 8 nitrogen and oxygen atoms in total. The van der Waals surface area contributed by atoms with E-state index < -0.39 is 11.2 Å². The Morgan fingerprint density at radius 3 is 2.79 bits per heavy atom. The third-order valence-corrected chi connectivity index (χ3v) is 4.03. The van der Waals surface area contributed by atoms with Gasteiger partial charge in [0.15, 0.2) is 11.2 Å². The normalized spacial score (nSPS) is 11.4. The van der Waals surface area contributed by atoms with E-state index in [4.69, 9.17) is 0 Å². The molecule has 120 valence electrons. The number of hydrogen-bond acceptors (Lipinski definition) is 5. The van der Waals surface area contributed by atoms with E-state index in [-0.39, 0.29) is 0 Å². The molecule has 3 aromatic heterocycles. The molecule has 0 aliphatic heterocycles. The number of aryl methyl sites for hydroxylation is 2. The van der Waals surface area contributed by atoms with Crippen molar-refractivity contribution in [2.45, 2.75) is 13.5 Å². The van der Waals surface area contributed by atoms with E-state index in [0.29, 0.717) is 23.5 Å². The lowest BCUT2D eigenvalue weighted by Crippen LogP contribution is -2.29. The highest BCUT2D eigenvalue weighted by atomic mass is 16.2. The number of benzene rings is 1. The summed E-state index contributed by atoms with van der Waals surface area (Å²) in [6.07, 6.45) is 1.52. The fourth-order valence-corrected chi connectivity index (χ4v) is 2.82. The minimum absolute atomic E-state index is 0.295. The highest BCUT2D eigenvalue weighted by Crippen LogP contribution is 2.15. The molecule has 0 aliphatic carbocycles. The van der Waals surface area contributed by atoms with E-state index in [1.165, 1.54) is 10.9 Å². The summed E-state index contributed by atoms with van der Waals surface area (Å²) >= 11 is 0. The number of aromatic amines is 1. The van der Waals surface area contributed by atoms with Gasteiger partial charge in [-0.25, -0.2) is 19.7 Å². The molecule has 0 radical (unpaired) electrons. The molecule has 0 amide bonds. The Hall–Kier alpha value is -3.29. The zero-order valence-corrected chi connectivity index (χ0v) is 13.1. The van der Waals surface area contributed by atoms with Gasteiger partial charge in [-0.3, -0.25) is 14.3 Å². The Morgan fingerprint density at radius 2 is 1.96 bits per heavy atom. The molecule has 8 heteroatoms. The molecule has 0 bridgehead atoms. The van der Waals surface area contributed by atoms with Crippen LogP contribution >= 0.6 is 0 Å². The van der Waals surface area contributed by atoms with Crippen LogP contribution < -0.4 is 11.2 Å². The first kappa shape index (κ1) is 14.3. The molecule has 0 spiro atoms. The average molecular weight is 322 g/mol. The highest BCUT2D eigenvalue weighted by Gasteiger charge is 2.13. The van der Waals surface area contributed by atoms with Crippen LogP contribution in [-0.2, 0) is 13.6 Å². The minimum Gasteiger partial charge on any atom is -0.317 e. The fourth-order valence-electron chi connectivity index (χ4n) is 2.82. The maximum Gasteiger partial charge on any atom is 0.329 e. The molecular weight excluding hydrogens is 308 g/mol. The number of nitrogens with one attached hydrogen (secondary N) is 1. The quantitative estimate of drug-likeness (QED) is 0.586. The topological polar surface area (TPSA) is 98.5 Å². The van der Waals surface area contributed by atoms with Crippen molar-refractivity contribution in [1.82, 2.24) is 29.1 Å². The second-order valence-electron chi connectivity index (χ2n) is 5.61. The molecule has 0 saturated heterocycles. The van der Waals surface area contributed by atoms with Gasteiger partial charge in [-0.05, 0) is 13.0 Å². The highest BCUT2D eigenvalue weighted by molar-refractivity contribution is 5.80. The largest absolute Gasteiger partial charge is 0.329 e. The standard InChI is InChI=1S/C16H14N6O2/c1-9-10-5-3-4-6-11(10)19-12(18-9)7-22-8-17-14-13(22)15(23)20-16(24)21(14)2/h3-6,8H,7H2,1-2H3,(H,20,23,24). The molecule has 0 atom stereocenters. The SMILES string of the molecule is Cc1nc(Cn2cnc3c2c(=O)[nH]c(=O)n3C)nc2ccccc12. The summed E-state index contributed by atoms with van der Waals surface area (Å²) in [7, 11) is 1.56. The summed E-state index contributed by atoms with van der Waals surface area (Å²) in [6.45, 7) is 2.22. The predicted octanol–water partition coefficient (Wildman–Crippen LogP) is 0.723. The van der Waals surface area contributed by atoms with Crippen molar-refractivity contribution in [3.8, 4) is 0 Å². The zero-order valence-electron chi connectivity index (χ0n) is 13.1. The number of aromatic nitrogens is 6. The lowest BCUT2D eigenvalue weighted by molar-refractivity contribution is 0.759. The van der Waals surface area contributed by atoms with Gasteiger partial charge in [-0.2, -0.15) is 0 Å². The molecular formula is C16H14N6O2. The summed E-state index contributed by atoms with van der Waals surface area (Å²) in [4.78, 5) is 39.3. The van der Waals surface area contributed by atoms with Crippen LogP contribution in [0.1, 0.15) is 11.5 Å². The molecule has 0 unspecified atom stereocenters. The number of fused-ring (bicyclic) bond motifs is 2. The molecule has 0 saturated carbocycles. The van der Waals surface area contributed by atoms with Gasteiger partial charge in [0.2, 0.25) is 0 Å². The minimum atomic E-state index is -0.490. The molecule has 1 N–H and O–H groups in total. The molecule has 0 fully saturated rings. The first-order valence-corrected chi connectivity index (χ1v) is 7.41. The number of imidazole rings is 1. The smallest absolute Gasteiger partial charge is 0.317 e. The van der Waals surface area contributed by atoms with Crippen LogP contribution in [-0.4, -0.2) is 29.1 Å². The van der Waals surface area contributed by atoms with Crippen molar-refractivity contribution in [2.24, 2.45) is 7.05 Å². The number of H-pyrrole nitrogens is 1. The molecule has 4 rings (SSSR count). The molecule has 24 heavy (non-hydrogen) atoms. The number of hydrogen-bond donors (Lipinski definition) is 1. The second kappa shape index (κ2) is 5.12. The summed E-state index contributed by atoms with van der Waals surface area (Å²) in [5, 5.41) is 0.997. The molecule has 0 aliphatic rings. The van der Waals surface area contributed by atoms with E-state index in [1.807, 2.05) is 31.2 Å². The van der Waals surface area contributed by atoms with Crippen LogP contribution in [0.3, 0.4) is 0 Å². The van der Waals surface area contributed by atoms with E-state index in [1.54, 1.807) is 11.6 Å². The second-order valence-corrected chi connectivity index (χ2v) is 5.61. The number of nitrogens with zero attached hydrogens (tertiary/aromatic N) is 5. The van der Waals surface area contributed by atoms with Crippen LogP contribution in [0, 0.1) is 6.92 Å². The summed E-state index contributed by atoms with van der Waals surface area (Å²) in [6, 6.07) is 7.77. The van der Waals surface area contributed by atoms with Gasteiger partial charge < -0.3 is 4.57 Å². The first-order chi connectivity index (χ1) is 11.5. The summed E-state index contributed by atoms with van der Waals surface area (Å²) < 4.78 is 2.96. The van der Waals surface area contributed by atoms with E-state index in [2.05, 4.69) is 19.9 Å². The van der Waals surface area contributed by atoms with Gasteiger partial charge in [0.1, 0.15) is 5.82 Å². The maximum atomic E-state index is 12.1. The van der Waals surface area contributed by atoms with Crippen LogP contribution in [0.4, 0.5) is 0 Å². The summed E-state index contributed by atoms with van der Waals surface area (Å²) in [5.41, 5.74) is 1.43. The number of para-hydroxylation sites is 1. The van der Waals surface area contributed by atoms with Crippen molar-refractivity contribution < 1.29 is 0 Å². The van der Waals surface area contributed by atoms with Crippen LogP contribution in [0.15, 0.2) is 40.2 Å². The van der Waals surface area contributed by atoms with E-state index in [0.717, 1.165) is 16.6 Å². The molecule has 1 aromatic carbocycles. The third-order valence-electron chi connectivity index (χ3n) is 4.03. The monoisotopic (exact) mass is 322 g/mol. The van der Waals surface area contributed by atoms with Crippen molar-refractivity contribution in [3.63, 3.8) is 0 Å². The lowest BCUT2D eigenvalue weighted by atomic mass is 10.2. The predicted molar refractivity (Wildman–Crippen MR) is 89.0 cm³/mol. The first-order valence-electron chi connectivity index (χ1n) is 7.41. The Labute approximate surface area is 135 Å².